The van der Waals surface area contributed by atoms with Crippen LogP contribution in [0.1, 0.15) is 46.0 Å². The summed E-state index contributed by atoms with van der Waals surface area (Å²) in [5.41, 5.74) is 1.65. The number of epoxide rings is 1. The van der Waals surface area contributed by atoms with Gasteiger partial charge in [0.2, 0.25) is 0 Å². The molecule has 0 radical (unpaired) electrons. The highest BCUT2D eigenvalue weighted by atomic mass is 16.6. The van der Waals surface area contributed by atoms with Crippen LogP contribution in [0, 0.1) is 5.92 Å². The summed E-state index contributed by atoms with van der Waals surface area (Å²) in [6.07, 6.45) is 6.79. The third kappa shape index (κ3) is 3.48. The minimum atomic E-state index is -0.823. The van der Waals surface area contributed by atoms with Crippen LogP contribution >= 0.6 is 0 Å². The van der Waals surface area contributed by atoms with Crippen molar-refractivity contribution in [3.05, 3.63) is 35.5 Å². The van der Waals surface area contributed by atoms with Crippen LogP contribution < -0.4 is 0 Å². The van der Waals surface area contributed by atoms with Gasteiger partial charge in [-0.05, 0) is 51.5 Å². The summed E-state index contributed by atoms with van der Waals surface area (Å²) in [6, 6.07) is 0. The Morgan fingerprint density at radius 3 is 2.76 bits per heavy atom. The Morgan fingerprint density at radius 1 is 1.28 bits per heavy atom. The summed E-state index contributed by atoms with van der Waals surface area (Å²) in [4.78, 5) is 24.7. The SMILES string of the molecule is C=C1C(=O)O[C@@H]2C(=O)/C(C)=C/CC/C(C)=C/CC[C@]3(CO)O[C@H]3C[C@@H]12. The molecule has 0 unspecified atom stereocenters. The number of esters is 1. The minimum Gasteiger partial charge on any atom is -0.450 e. The molecule has 0 spiro atoms. The number of hydrogen-bond donors (Lipinski definition) is 1. The van der Waals surface area contributed by atoms with E-state index in [-0.39, 0.29) is 24.4 Å². The number of carbonyl (C=O) groups is 2. The number of carbonyl (C=O) groups excluding carboxylic acids is 2. The molecule has 2 fully saturated rings. The van der Waals surface area contributed by atoms with E-state index >= 15 is 0 Å². The fourth-order valence-electron chi connectivity index (χ4n) is 3.80. The second-order valence-corrected chi connectivity index (χ2v) is 7.40. The van der Waals surface area contributed by atoms with Gasteiger partial charge in [-0.2, -0.15) is 0 Å². The zero-order valence-corrected chi connectivity index (χ0v) is 14.9. The number of ketones is 1. The lowest BCUT2D eigenvalue weighted by molar-refractivity contribution is -0.145. The molecule has 1 aliphatic carbocycles. The highest BCUT2D eigenvalue weighted by Crippen LogP contribution is 2.47. The molecule has 0 amide bonds. The lowest BCUT2D eigenvalue weighted by atomic mass is 9.84. The van der Waals surface area contributed by atoms with Gasteiger partial charge in [0.1, 0.15) is 5.60 Å². The number of aliphatic hydroxyl groups excluding tert-OH is 1. The van der Waals surface area contributed by atoms with Gasteiger partial charge in [0.25, 0.3) is 0 Å². The van der Waals surface area contributed by atoms with E-state index in [1.165, 1.54) is 5.57 Å². The molecule has 3 aliphatic rings. The number of allylic oxidation sites excluding steroid dienone is 3. The van der Waals surface area contributed by atoms with Crippen LogP contribution in [-0.4, -0.2) is 41.3 Å². The quantitative estimate of drug-likeness (QED) is 0.342. The van der Waals surface area contributed by atoms with Crippen LogP contribution in [0.2, 0.25) is 0 Å². The highest BCUT2D eigenvalue weighted by Gasteiger charge is 2.58. The average Bonchev–Trinajstić information content (AvgIpc) is 3.20. The molecule has 3 rings (SSSR count). The van der Waals surface area contributed by atoms with E-state index in [2.05, 4.69) is 19.6 Å². The zero-order valence-electron chi connectivity index (χ0n) is 14.9. The molecule has 0 aromatic carbocycles. The second kappa shape index (κ2) is 6.89. The molecule has 1 N–H and O–H groups in total. The predicted octanol–water partition coefficient (Wildman–Crippen LogP) is 2.64. The number of ether oxygens (including phenoxy) is 2. The third-order valence-corrected chi connectivity index (χ3v) is 5.65. The molecule has 4 atom stereocenters. The molecule has 0 aromatic heterocycles. The Bertz CT molecular complexity index is 659. The first kappa shape index (κ1) is 18.1. The summed E-state index contributed by atoms with van der Waals surface area (Å²) in [5, 5.41) is 9.77. The molecular weight excluding hydrogens is 320 g/mol. The molecule has 136 valence electrons. The lowest BCUT2D eigenvalue weighted by Gasteiger charge is -2.17. The first-order chi connectivity index (χ1) is 11.9. The van der Waals surface area contributed by atoms with E-state index in [1.54, 1.807) is 6.92 Å². The van der Waals surface area contributed by atoms with Gasteiger partial charge < -0.3 is 14.6 Å². The number of fused-ring (bicyclic) bond motifs is 2. The molecule has 0 saturated carbocycles. The second-order valence-electron chi connectivity index (χ2n) is 7.40. The van der Waals surface area contributed by atoms with E-state index in [4.69, 9.17) is 9.47 Å². The van der Waals surface area contributed by atoms with Crippen LogP contribution in [0.25, 0.3) is 0 Å². The maximum atomic E-state index is 12.7. The lowest BCUT2D eigenvalue weighted by Crippen LogP contribution is -2.30. The molecular formula is C20H26O5. The topological polar surface area (TPSA) is 76.1 Å². The predicted molar refractivity (Wildman–Crippen MR) is 92.8 cm³/mol. The molecule has 2 heterocycles. The molecule has 5 heteroatoms. The van der Waals surface area contributed by atoms with Gasteiger partial charge in [0, 0.05) is 11.5 Å². The summed E-state index contributed by atoms with van der Waals surface area (Å²) in [7, 11) is 0. The first-order valence-corrected chi connectivity index (χ1v) is 8.93. The van der Waals surface area contributed by atoms with Crippen molar-refractivity contribution in [3.8, 4) is 0 Å². The first-order valence-electron chi connectivity index (χ1n) is 8.93. The van der Waals surface area contributed by atoms with Crippen molar-refractivity contribution in [2.45, 2.75) is 63.8 Å². The largest absolute Gasteiger partial charge is 0.450 e. The molecule has 0 bridgehead atoms. The van der Waals surface area contributed by atoms with Gasteiger partial charge in [-0.15, -0.1) is 0 Å². The molecule has 2 aliphatic heterocycles. The van der Waals surface area contributed by atoms with Crippen molar-refractivity contribution in [1.82, 2.24) is 0 Å². The van der Waals surface area contributed by atoms with Gasteiger partial charge in [0.15, 0.2) is 11.9 Å². The molecule has 25 heavy (non-hydrogen) atoms. The summed E-state index contributed by atoms with van der Waals surface area (Å²) >= 11 is 0. The monoisotopic (exact) mass is 346 g/mol. The standard InChI is InChI=1S/C20H26O5/c1-12-6-4-8-13(2)17(22)18-15(14(3)19(23)24-18)10-16-20(11-21,25-16)9-5-7-12/h7-8,15-16,18,21H,3-6,9-11H2,1-2H3/b12-7+,13-8+/t15-,16-,18-,20+/m0/s1. The maximum Gasteiger partial charge on any atom is 0.334 e. The number of Topliss-reactive ketones (excluding diaryl/α,β-unsaturated/α-hetero) is 1. The summed E-state index contributed by atoms with van der Waals surface area (Å²) < 4.78 is 11.1. The van der Waals surface area contributed by atoms with Crippen LogP contribution in [0.15, 0.2) is 35.5 Å². The fourth-order valence-corrected chi connectivity index (χ4v) is 3.80. The Hall–Kier alpha value is -1.72. The summed E-state index contributed by atoms with van der Waals surface area (Å²) in [5.74, 6) is -1.05. The molecule has 0 aromatic rings. The van der Waals surface area contributed by atoms with Gasteiger partial charge >= 0.3 is 5.97 Å². The maximum absolute atomic E-state index is 12.7. The number of rotatable bonds is 1. The van der Waals surface area contributed by atoms with Gasteiger partial charge in [-0.25, -0.2) is 4.79 Å². The highest BCUT2D eigenvalue weighted by molar-refractivity contribution is 6.04. The van der Waals surface area contributed by atoms with Crippen LogP contribution in [0.3, 0.4) is 0 Å². The Balaban J connectivity index is 1.87. The Labute approximate surface area is 148 Å². The van der Waals surface area contributed by atoms with E-state index in [0.717, 1.165) is 25.7 Å². The molecule has 2 saturated heterocycles. The number of hydrogen-bond acceptors (Lipinski definition) is 5. The van der Waals surface area contributed by atoms with E-state index < -0.39 is 17.7 Å². The zero-order chi connectivity index (χ0) is 18.2. The van der Waals surface area contributed by atoms with Crippen LogP contribution in [0.4, 0.5) is 0 Å². The van der Waals surface area contributed by atoms with Crippen molar-refractivity contribution in [3.63, 3.8) is 0 Å². The van der Waals surface area contributed by atoms with Crippen LogP contribution in [0.5, 0.6) is 0 Å². The van der Waals surface area contributed by atoms with E-state index in [1.807, 2.05) is 6.08 Å². The average molecular weight is 346 g/mol. The van der Waals surface area contributed by atoms with Crippen molar-refractivity contribution in [1.29, 1.82) is 0 Å². The number of aliphatic hydroxyl groups is 1. The van der Waals surface area contributed by atoms with Gasteiger partial charge in [-0.1, -0.05) is 24.3 Å². The van der Waals surface area contributed by atoms with Crippen molar-refractivity contribution < 1.29 is 24.2 Å². The van der Waals surface area contributed by atoms with Crippen molar-refractivity contribution >= 4 is 11.8 Å². The minimum absolute atomic E-state index is 0.0594. The fraction of sp³-hybridized carbons (Fsp3) is 0.600. The normalized spacial score (nSPS) is 40.8. The third-order valence-electron chi connectivity index (χ3n) is 5.65. The smallest absolute Gasteiger partial charge is 0.334 e. The van der Waals surface area contributed by atoms with E-state index in [0.29, 0.717) is 17.6 Å². The van der Waals surface area contributed by atoms with E-state index in [9.17, 15) is 14.7 Å². The van der Waals surface area contributed by atoms with Crippen LogP contribution in [-0.2, 0) is 19.1 Å². The van der Waals surface area contributed by atoms with Crippen molar-refractivity contribution in [2.24, 2.45) is 5.92 Å². The van der Waals surface area contributed by atoms with Gasteiger partial charge in [0.05, 0.1) is 12.7 Å². The Morgan fingerprint density at radius 2 is 2.04 bits per heavy atom. The van der Waals surface area contributed by atoms with Crippen molar-refractivity contribution in [2.75, 3.05) is 6.61 Å². The van der Waals surface area contributed by atoms with Gasteiger partial charge in [-0.3, -0.25) is 4.79 Å². The Kier molecular flexibility index (Phi) is 4.98. The molecule has 5 nitrogen and oxygen atoms in total. The summed E-state index contributed by atoms with van der Waals surface area (Å²) in [6.45, 7) is 7.60.